The zero-order valence-corrected chi connectivity index (χ0v) is 10.1. The molecule has 0 aliphatic rings. The van der Waals surface area contributed by atoms with Gasteiger partial charge in [0.15, 0.2) is 11.6 Å². The largest absolute Gasteiger partial charge is 0.488 e. The van der Waals surface area contributed by atoms with Gasteiger partial charge in [-0.25, -0.2) is 4.39 Å². The molecular formula is C13H19FO2. The molecule has 0 aliphatic heterocycles. The van der Waals surface area contributed by atoms with Crippen LogP contribution in [0, 0.1) is 5.82 Å². The van der Waals surface area contributed by atoms with Crippen LogP contribution in [0.5, 0.6) is 5.75 Å². The van der Waals surface area contributed by atoms with E-state index in [1.165, 1.54) is 6.07 Å². The zero-order chi connectivity index (χ0) is 12.0. The van der Waals surface area contributed by atoms with E-state index in [0.29, 0.717) is 19.0 Å². The fraction of sp³-hybridized carbons (Fsp3) is 0.538. The Hall–Kier alpha value is -1.09. The molecule has 0 unspecified atom stereocenters. The van der Waals surface area contributed by atoms with Crippen molar-refractivity contribution in [2.24, 2.45) is 0 Å². The van der Waals surface area contributed by atoms with Crippen molar-refractivity contribution in [3.05, 3.63) is 29.6 Å². The molecule has 0 N–H and O–H groups in total. The summed E-state index contributed by atoms with van der Waals surface area (Å²) in [6.45, 7) is 6.76. The van der Waals surface area contributed by atoms with Crippen LogP contribution >= 0.6 is 0 Å². The Morgan fingerprint density at radius 1 is 1.25 bits per heavy atom. The van der Waals surface area contributed by atoms with Crippen LogP contribution in [0.2, 0.25) is 0 Å². The zero-order valence-electron chi connectivity index (χ0n) is 10.1. The second-order valence-corrected chi connectivity index (χ2v) is 3.89. The maximum Gasteiger partial charge on any atom is 0.165 e. The monoisotopic (exact) mass is 226 g/mol. The molecule has 16 heavy (non-hydrogen) atoms. The molecule has 0 aromatic heterocycles. The molecule has 1 rings (SSSR count). The molecule has 90 valence electrons. The van der Waals surface area contributed by atoms with Crippen LogP contribution in [0.1, 0.15) is 26.3 Å². The summed E-state index contributed by atoms with van der Waals surface area (Å²) < 4.78 is 24.0. The van der Waals surface area contributed by atoms with Crippen LogP contribution in [-0.4, -0.2) is 19.3 Å². The number of hydrogen-bond acceptors (Lipinski definition) is 2. The third-order valence-electron chi connectivity index (χ3n) is 2.20. The van der Waals surface area contributed by atoms with Crippen molar-refractivity contribution in [2.75, 3.05) is 13.2 Å². The lowest BCUT2D eigenvalue weighted by Crippen LogP contribution is -2.11. The maximum atomic E-state index is 13.5. The van der Waals surface area contributed by atoms with Crippen molar-refractivity contribution in [3.8, 4) is 5.75 Å². The van der Waals surface area contributed by atoms with Gasteiger partial charge in [-0.3, -0.25) is 0 Å². The minimum absolute atomic E-state index is 0.177. The number of halogens is 1. The van der Waals surface area contributed by atoms with Crippen molar-refractivity contribution in [3.63, 3.8) is 0 Å². The standard InChI is InChI=1S/C13H19FO2/c1-4-11-5-6-13(12(14)9-11)16-8-7-15-10(2)3/h5-6,9-10H,4,7-8H2,1-3H3. The fourth-order valence-corrected chi connectivity index (χ4v) is 1.32. The first-order valence-corrected chi connectivity index (χ1v) is 5.66. The van der Waals surface area contributed by atoms with E-state index in [1.807, 2.05) is 26.8 Å². The predicted octanol–water partition coefficient (Wildman–Crippen LogP) is 3.19. The summed E-state index contributed by atoms with van der Waals surface area (Å²) in [6, 6.07) is 5.06. The molecule has 1 aromatic carbocycles. The highest BCUT2D eigenvalue weighted by molar-refractivity contribution is 5.29. The van der Waals surface area contributed by atoms with Gasteiger partial charge in [0.2, 0.25) is 0 Å². The van der Waals surface area contributed by atoms with Crippen LogP contribution in [0.3, 0.4) is 0 Å². The molecular weight excluding hydrogens is 207 g/mol. The summed E-state index contributed by atoms with van der Waals surface area (Å²) in [5, 5.41) is 0. The average molecular weight is 226 g/mol. The quantitative estimate of drug-likeness (QED) is 0.693. The van der Waals surface area contributed by atoms with Gasteiger partial charge >= 0.3 is 0 Å². The summed E-state index contributed by atoms with van der Waals surface area (Å²) in [4.78, 5) is 0. The van der Waals surface area contributed by atoms with Gasteiger partial charge in [0.25, 0.3) is 0 Å². The predicted molar refractivity (Wildman–Crippen MR) is 62.4 cm³/mol. The molecule has 1 aromatic rings. The van der Waals surface area contributed by atoms with Gasteiger partial charge in [0.1, 0.15) is 6.61 Å². The second-order valence-electron chi connectivity index (χ2n) is 3.89. The molecule has 0 bridgehead atoms. The topological polar surface area (TPSA) is 18.5 Å². The first-order chi connectivity index (χ1) is 7.63. The number of rotatable bonds is 6. The van der Waals surface area contributed by atoms with E-state index in [1.54, 1.807) is 6.07 Å². The van der Waals surface area contributed by atoms with Gasteiger partial charge in [0, 0.05) is 0 Å². The van der Waals surface area contributed by atoms with Crippen LogP contribution < -0.4 is 4.74 Å². The highest BCUT2D eigenvalue weighted by Gasteiger charge is 2.04. The minimum atomic E-state index is -0.302. The lowest BCUT2D eigenvalue weighted by molar-refractivity contribution is 0.0544. The third kappa shape index (κ3) is 4.19. The lowest BCUT2D eigenvalue weighted by atomic mass is 10.1. The molecule has 0 heterocycles. The summed E-state index contributed by atoms with van der Waals surface area (Å²) in [7, 11) is 0. The molecule has 0 aliphatic carbocycles. The Morgan fingerprint density at radius 2 is 2.00 bits per heavy atom. The summed E-state index contributed by atoms with van der Waals surface area (Å²) in [6.07, 6.45) is 1.00. The average Bonchev–Trinajstić information content (AvgIpc) is 2.25. The van der Waals surface area contributed by atoms with E-state index in [2.05, 4.69) is 0 Å². The van der Waals surface area contributed by atoms with Gasteiger partial charge in [-0.1, -0.05) is 13.0 Å². The Kier molecular flexibility index (Phi) is 5.26. The first kappa shape index (κ1) is 13.0. The minimum Gasteiger partial charge on any atom is -0.488 e. The van der Waals surface area contributed by atoms with Crippen molar-refractivity contribution >= 4 is 0 Å². The molecule has 3 heteroatoms. The molecule has 0 spiro atoms. The molecule has 0 radical (unpaired) electrons. The molecule has 0 amide bonds. The van der Waals surface area contributed by atoms with Crippen molar-refractivity contribution < 1.29 is 13.9 Å². The van der Waals surface area contributed by atoms with Crippen molar-refractivity contribution in [1.82, 2.24) is 0 Å². The first-order valence-electron chi connectivity index (χ1n) is 5.66. The Morgan fingerprint density at radius 3 is 2.56 bits per heavy atom. The van der Waals surface area contributed by atoms with E-state index in [9.17, 15) is 4.39 Å². The Bertz CT molecular complexity index is 324. The Balaban J connectivity index is 2.42. The summed E-state index contributed by atoms with van der Waals surface area (Å²) >= 11 is 0. The number of hydrogen-bond donors (Lipinski definition) is 0. The molecule has 2 nitrogen and oxygen atoms in total. The highest BCUT2D eigenvalue weighted by atomic mass is 19.1. The number of aryl methyl sites for hydroxylation is 1. The molecule has 0 fully saturated rings. The van der Waals surface area contributed by atoms with Crippen LogP contribution in [-0.2, 0) is 11.2 Å². The lowest BCUT2D eigenvalue weighted by Gasteiger charge is -2.10. The van der Waals surface area contributed by atoms with E-state index >= 15 is 0 Å². The molecule has 0 saturated carbocycles. The van der Waals surface area contributed by atoms with Crippen molar-refractivity contribution in [1.29, 1.82) is 0 Å². The van der Waals surface area contributed by atoms with E-state index in [0.717, 1.165) is 12.0 Å². The number of ether oxygens (including phenoxy) is 2. The van der Waals surface area contributed by atoms with E-state index in [-0.39, 0.29) is 11.9 Å². The molecule has 0 atom stereocenters. The van der Waals surface area contributed by atoms with Gasteiger partial charge in [-0.15, -0.1) is 0 Å². The van der Waals surface area contributed by atoms with Gasteiger partial charge in [-0.2, -0.15) is 0 Å². The van der Waals surface area contributed by atoms with Crippen LogP contribution in [0.25, 0.3) is 0 Å². The van der Waals surface area contributed by atoms with Gasteiger partial charge in [-0.05, 0) is 38.0 Å². The normalized spacial score (nSPS) is 10.8. The van der Waals surface area contributed by atoms with Gasteiger partial charge in [0.05, 0.1) is 12.7 Å². The molecule has 0 saturated heterocycles. The van der Waals surface area contributed by atoms with E-state index < -0.39 is 0 Å². The van der Waals surface area contributed by atoms with Crippen molar-refractivity contribution in [2.45, 2.75) is 33.3 Å². The highest BCUT2D eigenvalue weighted by Crippen LogP contribution is 2.18. The SMILES string of the molecule is CCc1ccc(OCCOC(C)C)c(F)c1. The fourth-order valence-electron chi connectivity index (χ4n) is 1.32. The number of benzene rings is 1. The van der Waals surface area contributed by atoms with Crippen LogP contribution in [0.4, 0.5) is 4.39 Å². The third-order valence-corrected chi connectivity index (χ3v) is 2.20. The smallest absolute Gasteiger partial charge is 0.165 e. The van der Waals surface area contributed by atoms with E-state index in [4.69, 9.17) is 9.47 Å². The Labute approximate surface area is 96.4 Å². The van der Waals surface area contributed by atoms with Crippen LogP contribution in [0.15, 0.2) is 18.2 Å². The van der Waals surface area contributed by atoms with Gasteiger partial charge < -0.3 is 9.47 Å². The second kappa shape index (κ2) is 6.48. The maximum absolute atomic E-state index is 13.5. The summed E-state index contributed by atoms with van der Waals surface area (Å²) in [5.74, 6) is -0.00606. The summed E-state index contributed by atoms with van der Waals surface area (Å²) in [5.41, 5.74) is 0.975.